The molecule has 1 atom stereocenters. The first-order valence-electron chi connectivity index (χ1n) is 5.56. The van der Waals surface area contributed by atoms with Gasteiger partial charge < -0.3 is 19.3 Å². The Kier molecular flexibility index (Phi) is 9.07. The van der Waals surface area contributed by atoms with Gasteiger partial charge in [0, 0.05) is 0 Å². The first-order chi connectivity index (χ1) is 8.60. The lowest BCUT2D eigenvalue weighted by atomic mass is 10.1. The minimum absolute atomic E-state index is 0.174. The average Bonchev–Trinajstić information content (AvgIpc) is 2.31. The quantitative estimate of drug-likeness (QED) is 0.296. The van der Waals surface area contributed by atoms with Gasteiger partial charge in [0.1, 0.15) is 6.10 Å². The summed E-state index contributed by atoms with van der Waals surface area (Å²) in [6, 6.07) is 0. The van der Waals surface area contributed by atoms with Crippen LogP contribution in [0.25, 0.3) is 0 Å². The molecule has 18 heavy (non-hydrogen) atoms. The van der Waals surface area contributed by atoms with E-state index in [0.717, 1.165) is 19.1 Å². The van der Waals surface area contributed by atoms with Crippen LogP contribution < -0.4 is 0 Å². The van der Waals surface area contributed by atoms with Crippen LogP contribution in [0.5, 0.6) is 0 Å². The van der Waals surface area contributed by atoms with E-state index in [-0.39, 0.29) is 6.61 Å². The second-order valence-electron chi connectivity index (χ2n) is 3.39. The lowest BCUT2D eigenvalue weighted by Crippen LogP contribution is -2.15. The third-order valence-electron chi connectivity index (χ3n) is 2.05. The Labute approximate surface area is 106 Å². The molecule has 102 valence electrons. The molecule has 0 aliphatic heterocycles. The molecule has 0 amide bonds. The molecular formula is C12H18O6. The van der Waals surface area contributed by atoms with Crippen molar-refractivity contribution in [2.45, 2.75) is 31.8 Å². The van der Waals surface area contributed by atoms with Crippen molar-refractivity contribution in [1.29, 1.82) is 0 Å². The maximum atomic E-state index is 11.0. The average molecular weight is 258 g/mol. The van der Waals surface area contributed by atoms with Crippen molar-refractivity contribution in [3.8, 4) is 0 Å². The van der Waals surface area contributed by atoms with Gasteiger partial charge in [-0.25, -0.2) is 9.59 Å². The van der Waals surface area contributed by atoms with E-state index in [0.29, 0.717) is 12.8 Å². The van der Waals surface area contributed by atoms with Crippen molar-refractivity contribution in [2.24, 2.45) is 0 Å². The highest BCUT2D eigenvalue weighted by Crippen LogP contribution is 2.09. The largest absolute Gasteiger partial charge is 0.513 e. The molecule has 0 spiro atoms. The SMILES string of the molecule is C=COC(=O)OC(C=C)CCCCCOC(=O)O. The van der Waals surface area contributed by atoms with Crippen molar-refractivity contribution < 1.29 is 28.9 Å². The van der Waals surface area contributed by atoms with Gasteiger partial charge in [-0.3, -0.25) is 0 Å². The Hall–Kier alpha value is -1.98. The Morgan fingerprint density at radius 3 is 2.50 bits per heavy atom. The molecule has 0 aliphatic carbocycles. The maximum Gasteiger partial charge on any atom is 0.513 e. The van der Waals surface area contributed by atoms with Gasteiger partial charge in [-0.05, 0) is 25.7 Å². The second-order valence-corrected chi connectivity index (χ2v) is 3.39. The Morgan fingerprint density at radius 1 is 1.22 bits per heavy atom. The smallest absolute Gasteiger partial charge is 0.450 e. The second kappa shape index (κ2) is 10.2. The Bertz CT molecular complexity index is 286. The van der Waals surface area contributed by atoms with Crippen LogP contribution in [0.4, 0.5) is 9.59 Å². The van der Waals surface area contributed by atoms with E-state index in [2.05, 4.69) is 22.6 Å². The van der Waals surface area contributed by atoms with E-state index in [1.54, 1.807) is 0 Å². The molecule has 6 nitrogen and oxygen atoms in total. The normalized spacial score (nSPS) is 11.1. The molecule has 1 unspecified atom stereocenters. The Balaban J connectivity index is 3.61. The van der Waals surface area contributed by atoms with Crippen LogP contribution in [-0.4, -0.2) is 30.1 Å². The zero-order chi connectivity index (χ0) is 13.8. The van der Waals surface area contributed by atoms with Gasteiger partial charge in [0.15, 0.2) is 0 Å². The molecule has 0 bridgehead atoms. The highest BCUT2D eigenvalue weighted by molar-refractivity contribution is 5.61. The van der Waals surface area contributed by atoms with Crippen LogP contribution in [0.3, 0.4) is 0 Å². The summed E-state index contributed by atoms with van der Waals surface area (Å²) in [5, 5.41) is 8.23. The summed E-state index contributed by atoms with van der Waals surface area (Å²) in [4.78, 5) is 21.0. The van der Waals surface area contributed by atoms with E-state index in [1.165, 1.54) is 6.08 Å². The van der Waals surface area contributed by atoms with Gasteiger partial charge in [-0.2, -0.15) is 0 Å². The summed E-state index contributed by atoms with van der Waals surface area (Å²) >= 11 is 0. The first kappa shape index (κ1) is 16.0. The van der Waals surface area contributed by atoms with Gasteiger partial charge >= 0.3 is 12.3 Å². The van der Waals surface area contributed by atoms with Gasteiger partial charge in [-0.15, -0.1) is 0 Å². The predicted molar refractivity (Wildman–Crippen MR) is 64.2 cm³/mol. The number of unbranched alkanes of at least 4 members (excludes halogenated alkanes) is 2. The zero-order valence-corrected chi connectivity index (χ0v) is 10.2. The molecule has 0 aromatic heterocycles. The van der Waals surface area contributed by atoms with Crippen LogP contribution >= 0.6 is 0 Å². The summed E-state index contributed by atoms with van der Waals surface area (Å²) in [5.74, 6) is 0. The summed E-state index contributed by atoms with van der Waals surface area (Å²) in [7, 11) is 0. The van der Waals surface area contributed by atoms with Crippen molar-refractivity contribution >= 4 is 12.3 Å². The monoisotopic (exact) mass is 258 g/mol. The van der Waals surface area contributed by atoms with Crippen molar-refractivity contribution in [3.05, 3.63) is 25.5 Å². The third kappa shape index (κ3) is 9.26. The fraction of sp³-hybridized carbons (Fsp3) is 0.500. The molecule has 1 N–H and O–H groups in total. The molecule has 0 aromatic carbocycles. The third-order valence-corrected chi connectivity index (χ3v) is 2.05. The van der Waals surface area contributed by atoms with E-state index in [9.17, 15) is 9.59 Å². The van der Waals surface area contributed by atoms with Crippen LogP contribution in [0.2, 0.25) is 0 Å². The summed E-state index contributed by atoms with van der Waals surface area (Å²) in [6.07, 6.45) is 2.77. The Morgan fingerprint density at radius 2 is 1.94 bits per heavy atom. The van der Waals surface area contributed by atoms with Crippen molar-refractivity contribution in [2.75, 3.05) is 6.61 Å². The standard InChI is InChI=1S/C12H18O6/c1-3-10(18-12(15)16-4-2)8-6-5-7-9-17-11(13)14/h3-4,10H,1-2,5-9H2,(H,13,14). The van der Waals surface area contributed by atoms with Gasteiger partial charge in [-0.1, -0.05) is 19.2 Å². The molecule has 0 fully saturated rings. The number of ether oxygens (including phenoxy) is 3. The number of hydrogen-bond donors (Lipinski definition) is 1. The molecule has 0 heterocycles. The topological polar surface area (TPSA) is 82.1 Å². The van der Waals surface area contributed by atoms with Crippen LogP contribution in [0, 0.1) is 0 Å². The molecular weight excluding hydrogens is 240 g/mol. The highest BCUT2D eigenvalue weighted by Gasteiger charge is 2.10. The lowest BCUT2D eigenvalue weighted by Gasteiger charge is -2.12. The number of carboxylic acid groups (broad SMARTS) is 1. The first-order valence-corrected chi connectivity index (χ1v) is 5.56. The minimum atomic E-state index is -1.27. The molecule has 0 aromatic rings. The number of hydrogen-bond acceptors (Lipinski definition) is 5. The van der Waals surface area contributed by atoms with E-state index < -0.39 is 18.4 Å². The summed E-state index contributed by atoms with van der Waals surface area (Å²) < 4.78 is 13.7. The van der Waals surface area contributed by atoms with E-state index in [1.807, 2.05) is 0 Å². The zero-order valence-electron chi connectivity index (χ0n) is 10.2. The van der Waals surface area contributed by atoms with Crippen LogP contribution in [-0.2, 0) is 14.2 Å². The fourth-order valence-electron chi connectivity index (χ4n) is 1.23. The predicted octanol–water partition coefficient (Wildman–Crippen LogP) is 3.09. The van der Waals surface area contributed by atoms with Crippen LogP contribution in [0.15, 0.2) is 25.5 Å². The number of carbonyl (C=O) groups is 2. The van der Waals surface area contributed by atoms with Gasteiger partial charge in [0.2, 0.25) is 0 Å². The van der Waals surface area contributed by atoms with Crippen molar-refractivity contribution in [1.82, 2.24) is 0 Å². The highest BCUT2D eigenvalue weighted by atomic mass is 16.7. The number of rotatable bonds is 9. The summed E-state index contributed by atoms with van der Waals surface area (Å²) in [6.45, 7) is 6.96. The molecule has 0 rings (SSSR count). The molecule has 0 radical (unpaired) electrons. The summed E-state index contributed by atoms with van der Waals surface area (Å²) in [5.41, 5.74) is 0. The van der Waals surface area contributed by atoms with Gasteiger partial charge in [0.05, 0.1) is 12.9 Å². The van der Waals surface area contributed by atoms with Crippen LogP contribution in [0.1, 0.15) is 25.7 Å². The lowest BCUT2D eigenvalue weighted by molar-refractivity contribution is 0.0591. The maximum absolute atomic E-state index is 11.0. The fourth-order valence-corrected chi connectivity index (χ4v) is 1.23. The molecule has 6 heteroatoms. The van der Waals surface area contributed by atoms with E-state index in [4.69, 9.17) is 9.84 Å². The van der Waals surface area contributed by atoms with E-state index >= 15 is 0 Å². The van der Waals surface area contributed by atoms with Gasteiger partial charge in [0.25, 0.3) is 0 Å². The molecule has 0 saturated heterocycles. The molecule has 0 aliphatic rings. The van der Waals surface area contributed by atoms with Crippen molar-refractivity contribution in [3.63, 3.8) is 0 Å². The minimum Gasteiger partial charge on any atom is -0.450 e. The molecule has 0 saturated carbocycles. The number of carbonyl (C=O) groups excluding carboxylic acids is 1.